The highest BCUT2D eigenvalue weighted by molar-refractivity contribution is 5.89. The molecule has 0 bridgehead atoms. The molecular formula is C12H14FN3O. The minimum absolute atomic E-state index is 0.234. The zero-order valence-corrected chi connectivity index (χ0v) is 9.66. The van der Waals surface area contributed by atoms with Crippen LogP contribution in [0.15, 0.2) is 12.1 Å². The van der Waals surface area contributed by atoms with Crippen molar-refractivity contribution in [2.24, 2.45) is 0 Å². The number of rotatable bonds is 1. The standard InChI is InChI=1S/C12H14FN3O/c1-8-14-10-6-9(13)7-11(12(10)15-8)16-2-4-17-5-3-16/h6-7H,2-5H2,1H3,(H,14,15). The van der Waals surface area contributed by atoms with Gasteiger partial charge in [-0.15, -0.1) is 0 Å². The van der Waals surface area contributed by atoms with Gasteiger partial charge in [0.15, 0.2) is 0 Å². The molecule has 17 heavy (non-hydrogen) atoms. The fraction of sp³-hybridized carbons (Fsp3) is 0.417. The number of anilines is 1. The van der Waals surface area contributed by atoms with Crippen LogP contribution in [0.4, 0.5) is 10.1 Å². The third-order valence-electron chi connectivity index (χ3n) is 3.00. The molecule has 3 rings (SSSR count). The number of nitrogens with one attached hydrogen (secondary N) is 1. The van der Waals surface area contributed by atoms with Gasteiger partial charge >= 0.3 is 0 Å². The number of ether oxygens (including phenoxy) is 1. The van der Waals surface area contributed by atoms with Gasteiger partial charge in [-0.1, -0.05) is 0 Å². The Balaban J connectivity index is 2.12. The van der Waals surface area contributed by atoms with Gasteiger partial charge in [-0.25, -0.2) is 9.37 Å². The summed E-state index contributed by atoms with van der Waals surface area (Å²) in [6.07, 6.45) is 0. The number of aromatic nitrogens is 2. The van der Waals surface area contributed by atoms with Crippen LogP contribution in [-0.2, 0) is 4.74 Å². The number of imidazole rings is 1. The molecule has 2 aromatic rings. The van der Waals surface area contributed by atoms with E-state index in [1.54, 1.807) is 6.07 Å². The maximum absolute atomic E-state index is 13.6. The van der Waals surface area contributed by atoms with Gasteiger partial charge in [0.2, 0.25) is 0 Å². The number of halogens is 1. The lowest BCUT2D eigenvalue weighted by atomic mass is 10.2. The first-order chi connectivity index (χ1) is 8.24. The molecule has 0 radical (unpaired) electrons. The summed E-state index contributed by atoms with van der Waals surface area (Å²) < 4.78 is 18.9. The van der Waals surface area contributed by atoms with Crippen molar-refractivity contribution in [1.29, 1.82) is 0 Å². The smallest absolute Gasteiger partial charge is 0.127 e. The van der Waals surface area contributed by atoms with Crippen LogP contribution >= 0.6 is 0 Å². The van der Waals surface area contributed by atoms with Crippen LogP contribution in [0, 0.1) is 12.7 Å². The molecule has 0 atom stereocenters. The van der Waals surface area contributed by atoms with Gasteiger partial charge in [0, 0.05) is 13.1 Å². The van der Waals surface area contributed by atoms with E-state index in [4.69, 9.17) is 4.74 Å². The van der Waals surface area contributed by atoms with E-state index in [2.05, 4.69) is 14.9 Å². The lowest BCUT2D eigenvalue weighted by molar-refractivity contribution is 0.123. The first-order valence-electron chi connectivity index (χ1n) is 5.72. The summed E-state index contributed by atoms with van der Waals surface area (Å²) in [5.41, 5.74) is 2.45. The van der Waals surface area contributed by atoms with E-state index in [1.807, 2.05) is 6.92 Å². The molecule has 1 aliphatic rings. The van der Waals surface area contributed by atoms with Crippen LogP contribution < -0.4 is 4.90 Å². The molecule has 1 aromatic carbocycles. The third kappa shape index (κ3) is 1.86. The summed E-state index contributed by atoms with van der Waals surface area (Å²) >= 11 is 0. The average Bonchev–Trinajstić information content (AvgIpc) is 2.69. The van der Waals surface area contributed by atoms with Crippen molar-refractivity contribution in [2.75, 3.05) is 31.2 Å². The number of hydrogen-bond donors (Lipinski definition) is 1. The molecule has 0 amide bonds. The van der Waals surface area contributed by atoms with Crippen molar-refractivity contribution in [1.82, 2.24) is 9.97 Å². The topological polar surface area (TPSA) is 41.2 Å². The summed E-state index contributed by atoms with van der Waals surface area (Å²) in [5.74, 6) is 0.572. The van der Waals surface area contributed by atoms with Crippen LogP contribution in [0.1, 0.15) is 5.82 Å². The van der Waals surface area contributed by atoms with Crippen LogP contribution in [0.5, 0.6) is 0 Å². The molecular weight excluding hydrogens is 221 g/mol. The van der Waals surface area contributed by atoms with E-state index >= 15 is 0 Å². The monoisotopic (exact) mass is 235 g/mol. The number of morpholine rings is 1. The van der Waals surface area contributed by atoms with Gasteiger partial charge in [0.25, 0.3) is 0 Å². The second-order valence-electron chi connectivity index (χ2n) is 4.24. The van der Waals surface area contributed by atoms with Crippen LogP contribution in [0.2, 0.25) is 0 Å². The number of benzene rings is 1. The van der Waals surface area contributed by atoms with Crippen molar-refractivity contribution in [2.45, 2.75) is 6.92 Å². The predicted molar refractivity (Wildman–Crippen MR) is 63.8 cm³/mol. The van der Waals surface area contributed by atoms with E-state index in [0.717, 1.165) is 35.6 Å². The van der Waals surface area contributed by atoms with Gasteiger partial charge in [-0.3, -0.25) is 0 Å². The van der Waals surface area contributed by atoms with E-state index in [0.29, 0.717) is 13.2 Å². The van der Waals surface area contributed by atoms with Crippen molar-refractivity contribution >= 4 is 16.7 Å². The molecule has 0 aliphatic carbocycles. The van der Waals surface area contributed by atoms with Crippen molar-refractivity contribution < 1.29 is 9.13 Å². The quantitative estimate of drug-likeness (QED) is 0.820. The van der Waals surface area contributed by atoms with Crippen LogP contribution in [0.25, 0.3) is 11.0 Å². The number of aromatic amines is 1. The van der Waals surface area contributed by atoms with E-state index in [-0.39, 0.29) is 5.82 Å². The molecule has 0 unspecified atom stereocenters. The zero-order chi connectivity index (χ0) is 11.8. The zero-order valence-electron chi connectivity index (χ0n) is 9.66. The van der Waals surface area contributed by atoms with E-state index < -0.39 is 0 Å². The SMILES string of the molecule is Cc1nc2c(N3CCOCC3)cc(F)cc2[nH]1. The Kier molecular flexibility index (Phi) is 2.48. The van der Waals surface area contributed by atoms with Gasteiger partial charge in [0.1, 0.15) is 17.2 Å². The Morgan fingerprint density at radius 2 is 2.12 bits per heavy atom. The summed E-state index contributed by atoms with van der Waals surface area (Å²) in [7, 11) is 0. The summed E-state index contributed by atoms with van der Waals surface area (Å²) in [5, 5.41) is 0. The molecule has 4 nitrogen and oxygen atoms in total. The lowest BCUT2D eigenvalue weighted by Gasteiger charge is -2.29. The molecule has 5 heteroatoms. The molecule has 1 saturated heterocycles. The van der Waals surface area contributed by atoms with Gasteiger partial charge in [-0.2, -0.15) is 0 Å². The van der Waals surface area contributed by atoms with Crippen LogP contribution in [-0.4, -0.2) is 36.3 Å². The fourth-order valence-electron chi connectivity index (χ4n) is 2.23. The maximum Gasteiger partial charge on any atom is 0.127 e. The predicted octanol–water partition coefficient (Wildman–Crippen LogP) is 1.85. The van der Waals surface area contributed by atoms with Gasteiger partial charge in [0.05, 0.1) is 24.4 Å². The normalized spacial score (nSPS) is 16.7. The Morgan fingerprint density at radius 1 is 1.35 bits per heavy atom. The Morgan fingerprint density at radius 3 is 2.88 bits per heavy atom. The Bertz CT molecular complexity index is 546. The first kappa shape index (κ1) is 10.5. The number of aryl methyl sites for hydroxylation is 1. The Labute approximate surface area is 98.4 Å². The van der Waals surface area contributed by atoms with Crippen molar-refractivity contribution in [3.05, 3.63) is 23.8 Å². The largest absolute Gasteiger partial charge is 0.378 e. The number of hydrogen-bond acceptors (Lipinski definition) is 3. The molecule has 2 heterocycles. The molecule has 0 spiro atoms. The van der Waals surface area contributed by atoms with Crippen LogP contribution in [0.3, 0.4) is 0 Å². The van der Waals surface area contributed by atoms with Gasteiger partial charge < -0.3 is 14.6 Å². The highest BCUT2D eigenvalue weighted by Crippen LogP contribution is 2.27. The number of fused-ring (bicyclic) bond motifs is 1. The molecule has 1 aliphatic heterocycles. The van der Waals surface area contributed by atoms with E-state index in [1.165, 1.54) is 6.07 Å². The van der Waals surface area contributed by atoms with Crippen molar-refractivity contribution in [3.63, 3.8) is 0 Å². The van der Waals surface area contributed by atoms with E-state index in [9.17, 15) is 4.39 Å². The summed E-state index contributed by atoms with van der Waals surface area (Å²) in [6.45, 7) is 4.80. The van der Waals surface area contributed by atoms with Crippen molar-refractivity contribution in [3.8, 4) is 0 Å². The average molecular weight is 235 g/mol. The highest BCUT2D eigenvalue weighted by atomic mass is 19.1. The lowest BCUT2D eigenvalue weighted by Crippen LogP contribution is -2.36. The second-order valence-corrected chi connectivity index (χ2v) is 4.24. The highest BCUT2D eigenvalue weighted by Gasteiger charge is 2.17. The molecule has 1 fully saturated rings. The minimum Gasteiger partial charge on any atom is -0.378 e. The summed E-state index contributed by atoms with van der Waals surface area (Å²) in [4.78, 5) is 9.61. The fourth-order valence-corrected chi connectivity index (χ4v) is 2.23. The molecule has 90 valence electrons. The number of H-pyrrole nitrogens is 1. The minimum atomic E-state index is -0.234. The van der Waals surface area contributed by atoms with Gasteiger partial charge in [-0.05, 0) is 19.1 Å². The summed E-state index contributed by atoms with van der Waals surface area (Å²) in [6, 6.07) is 3.03. The maximum atomic E-state index is 13.6. The molecule has 0 saturated carbocycles. The second kappa shape index (κ2) is 4.00. The first-order valence-corrected chi connectivity index (χ1v) is 5.72. The molecule has 1 aromatic heterocycles. The Hall–Kier alpha value is -1.62. The third-order valence-corrected chi connectivity index (χ3v) is 3.00. The number of nitrogens with zero attached hydrogens (tertiary/aromatic N) is 2. The molecule has 1 N–H and O–H groups in total.